The van der Waals surface area contributed by atoms with Gasteiger partial charge >= 0.3 is 5.97 Å². The second-order valence-corrected chi connectivity index (χ2v) is 4.49. The van der Waals surface area contributed by atoms with Crippen LogP contribution in [0.15, 0.2) is 0 Å². The van der Waals surface area contributed by atoms with Crippen LogP contribution in [0.25, 0.3) is 0 Å². The number of hydrogen-bond acceptors (Lipinski definition) is 5. The van der Waals surface area contributed by atoms with Gasteiger partial charge in [-0.1, -0.05) is 0 Å². The van der Waals surface area contributed by atoms with Crippen LogP contribution in [0.1, 0.15) is 23.2 Å². The summed E-state index contributed by atoms with van der Waals surface area (Å²) in [4.78, 5) is 12.8. The molecule has 6 nitrogen and oxygen atoms in total. The zero-order valence-corrected chi connectivity index (χ0v) is 10.3. The molecule has 0 aliphatic carbocycles. The van der Waals surface area contributed by atoms with Gasteiger partial charge in [0.25, 0.3) is 0 Å². The number of carbonyl (C=O) groups is 1. The molecule has 1 unspecified atom stereocenters. The van der Waals surface area contributed by atoms with Crippen LogP contribution in [0, 0.1) is 31.1 Å². The summed E-state index contributed by atoms with van der Waals surface area (Å²) in [5, 5.41) is 26.2. The molecule has 1 saturated heterocycles. The van der Waals surface area contributed by atoms with Gasteiger partial charge in [-0.05, 0) is 25.8 Å². The molecule has 0 amide bonds. The lowest BCUT2D eigenvalue weighted by Crippen LogP contribution is -2.25. The minimum atomic E-state index is -0.798. The topological polar surface area (TPSA) is 90.1 Å². The van der Waals surface area contributed by atoms with E-state index in [0.717, 1.165) is 11.3 Å². The van der Waals surface area contributed by atoms with E-state index in [4.69, 9.17) is 5.11 Å². The maximum absolute atomic E-state index is 10.9. The zero-order valence-electron chi connectivity index (χ0n) is 10.3. The average Bonchev–Trinajstić information content (AvgIpc) is 2.82. The fraction of sp³-hybridized carbons (Fsp3) is 0.500. The molecule has 0 aromatic carbocycles. The molecule has 2 heterocycles. The lowest BCUT2D eigenvalue weighted by Gasteiger charge is -2.18. The number of aliphatic carboxylic acids is 1. The molecule has 0 bridgehead atoms. The lowest BCUT2D eigenvalue weighted by atomic mass is 10.1. The Bertz CT molecular complexity index is 536. The van der Waals surface area contributed by atoms with Crippen molar-refractivity contribution in [3.63, 3.8) is 0 Å². The van der Waals surface area contributed by atoms with Gasteiger partial charge < -0.3 is 10.0 Å². The van der Waals surface area contributed by atoms with Gasteiger partial charge in [0.2, 0.25) is 0 Å². The molecule has 6 heteroatoms. The van der Waals surface area contributed by atoms with Gasteiger partial charge in [-0.25, -0.2) is 0 Å². The molecule has 1 N–H and O–H groups in total. The van der Waals surface area contributed by atoms with Crippen molar-refractivity contribution in [2.45, 2.75) is 20.3 Å². The molecule has 18 heavy (non-hydrogen) atoms. The highest BCUT2D eigenvalue weighted by Crippen LogP contribution is 2.26. The Morgan fingerprint density at radius 3 is 2.78 bits per heavy atom. The monoisotopic (exact) mass is 246 g/mol. The Morgan fingerprint density at radius 2 is 2.22 bits per heavy atom. The average molecular weight is 246 g/mol. The number of carboxylic acids is 1. The normalized spacial score (nSPS) is 18.7. The minimum Gasteiger partial charge on any atom is -0.481 e. The maximum Gasteiger partial charge on any atom is 0.308 e. The third-order valence-corrected chi connectivity index (χ3v) is 3.38. The summed E-state index contributed by atoms with van der Waals surface area (Å²) in [7, 11) is 0. The first-order valence-electron chi connectivity index (χ1n) is 5.76. The quantitative estimate of drug-likeness (QED) is 0.832. The fourth-order valence-corrected chi connectivity index (χ4v) is 2.11. The standard InChI is InChI=1S/C12H14N4O2/c1-7-8(2)14-15-11(10(7)5-13)16-4-3-9(6-16)12(17)18/h9H,3-4,6H2,1-2H3,(H,17,18). The summed E-state index contributed by atoms with van der Waals surface area (Å²) in [5.74, 6) is -0.683. The van der Waals surface area contributed by atoms with Crippen molar-refractivity contribution in [3.05, 3.63) is 16.8 Å². The highest BCUT2D eigenvalue weighted by Gasteiger charge is 2.30. The lowest BCUT2D eigenvalue weighted by molar-refractivity contribution is -0.140. The Balaban J connectivity index is 2.34. The molecular weight excluding hydrogens is 232 g/mol. The van der Waals surface area contributed by atoms with Crippen LogP contribution in [-0.4, -0.2) is 34.4 Å². The number of aromatic nitrogens is 2. The summed E-state index contributed by atoms with van der Waals surface area (Å²) >= 11 is 0. The summed E-state index contributed by atoms with van der Waals surface area (Å²) in [5.41, 5.74) is 2.03. The van der Waals surface area contributed by atoms with E-state index in [1.807, 2.05) is 11.8 Å². The Kier molecular flexibility index (Phi) is 3.15. The van der Waals surface area contributed by atoms with Crippen molar-refractivity contribution in [1.29, 1.82) is 5.26 Å². The molecule has 1 fully saturated rings. The molecule has 0 spiro atoms. The number of rotatable bonds is 2. The zero-order chi connectivity index (χ0) is 13.3. The first kappa shape index (κ1) is 12.3. The number of hydrogen-bond donors (Lipinski definition) is 1. The van der Waals surface area contributed by atoms with Crippen LogP contribution >= 0.6 is 0 Å². The molecule has 0 radical (unpaired) electrons. The second kappa shape index (κ2) is 4.61. The Labute approximate surface area is 105 Å². The molecule has 1 aromatic rings. The van der Waals surface area contributed by atoms with E-state index in [9.17, 15) is 10.1 Å². The number of nitrogens with zero attached hydrogens (tertiary/aromatic N) is 4. The molecule has 0 saturated carbocycles. The van der Waals surface area contributed by atoms with Crippen LogP contribution in [0.3, 0.4) is 0 Å². The fourth-order valence-electron chi connectivity index (χ4n) is 2.11. The Hall–Kier alpha value is -2.16. The first-order valence-corrected chi connectivity index (χ1v) is 5.76. The van der Waals surface area contributed by atoms with E-state index < -0.39 is 5.97 Å². The van der Waals surface area contributed by atoms with E-state index in [1.54, 1.807) is 6.92 Å². The highest BCUT2D eigenvalue weighted by molar-refractivity contribution is 5.72. The van der Waals surface area contributed by atoms with Crippen LogP contribution in [-0.2, 0) is 4.79 Å². The third kappa shape index (κ3) is 1.99. The third-order valence-electron chi connectivity index (χ3n) is 3.38. The molecular formula is C12H14N4O2. The number of anilines is 1. The molecule has 1 aliphatic rings. The molecule has 1 aromatic heterocycles. The van der Waals surface area contributed by atoms with Crippen molar-refractivity contribution in [3.8, 4) is 6.07 Å². The van der Waals surface area contributed by atoms with E-state index in [1.165, 1.54) is 0 Å². The van der Waals surface area contributed by atoms with Gasteiger partial charge in [-0.2, -0.15) is 10.4 Å². The molecule has 1 aliphatic heterocycles. The second-order valence-electron chi connectivity index (χ2n) is 4.49. The van der Waals surface area contributed by atoms with Gasteiger partial charge in [0.15, 0.2) is 5.82 Å². The smallest absolute Gasteiger partial charge is 0.308 e. The predicted molar refractivity (Wildman–Crippen MR) is 64.2 cm³/mol. The highest BCUT2D eigenvalue weighted by atomic mass is 16.4. The van der Waals surface area contributed by atoms with Crippen LogP contribution in [0.5, 0.6) is 0 Å². The van der Waals surface area contributed by atoms with Crippen molar-refractivity contribution in [2.24, 2.45) is 5.92 Å². The van der Waals surface area contributed by atoms with Crippen molar-refractivity contribution in [2.75, 3.05) is 18.0 Å². The van der Waals surface area contributed by atoms with Gasteiger partial charge in [0.1, 0.15) is 11.6 Å². The van der Waals surface area contributed by atoms with Gasteiger partial charge in [0, 0.05) is 13.1 Å². The van der Waals surface area contributed by atoms with Crippen LogP contribution < -0.4 is 4.90 Å². The van der Waals surface area contributed by atoms with E-state index >= 15 is 0 Å². The minimum absolute atomic E-state index is 0.389. The number of aryl methyl sites for hydroxylation is 1. The molecule has 94 valence electrons. The maximum atomic E-state index is 10.9. The van der Waals surface area contributed by atoms with Gasteiger partial charge in [0.05, 0.1) is 11.6 Å². The predicted octanol–water partition coefficient (Wildman–Crippen LogP) is 0.876. The van der Waals surface area contributed by atoms with Crippen molar-refractivity contribution >= 4 is 11.8 Å². The SMILES string of the molecule is Cc1nnc(N2CCC(C(=O)O)C2)c(C#N)c1C. The number of nitriles is 1. The van der Waals surface area contributed by atoms with E-state index in [2.05, 4.69) is 16.3 Å². The first-order chi connectivity index (χ1) is 8.54. The van der Waals surface area contributed by atoms with Gasteiger partial charge in [-0.3, -0.25) is 4.79 Å². The van der Waals surface area contributed by atoms with Crippen LogP contribution in [0.4, 0.5) is 5.82 Å². The van der Waals surface area contributed by atoms with E-state index in [-0.39, 0.29) is 5.92 Å². The van der Waals surface area contributed by atoms with Gasteiger partial charge in [-0.15, -0.1) is 5.10 Å². The molecule has 2 rings (SSSR count). The summed E-state index contributed by atoms with van der Waals surface area (Å²) in [6.45, 7) is 4.62. The summed E-state index contributed by atoms with van der Waals surface area (Å²) < 4.78 is 0. The Morgan fingerprint density at radius 1 is 1.50 bits per heavy atom. The van der Waals surface area contributed by atoms with Crippen molar-refractivity contribution < 1.29 is 9.90 Å². The van der Waals surface area contributed by atoms with Crippen LogP contribution in [0.2, 0.25) is 0 Å². The molecule has 1 atom stereocenters. The van der Waals surface area contributed by atoms with E-state index in [0.29, 0.717) is 30.9 Å². The van der Waals surface area contributed by atoms with Crippen molar-refractivity contribution in [1.82, 2.24) is 10.2 Å². The summed E-state index contributed by atoms with van der Waals surface area (Å²) in [6, 6.07) is 2.13. The summed E-state index contributed by atoms with van der Waals surface area (Å²) in [6.07, 6.45) is 0.578. The number of carboxylic acid groups (broad SMARTS) is 1. The largest absolute Gasteiger partial charge is 0.481 e.